The van der Waals surface area contributed by atoms with E-state index in [9.17, 15) is 0 Å². The standard InChI is InChI=1S/C8H17NO2/c1-3-11-8(5-9)4-7(2)10-6-8/h7H,3-6,9H2,1-2H3. The zero-order valence-electron chi connectivity index (χ0n) is 7.30. The van der Waals surface area contributed by atoms with E-state index in [1.165, 1.54) is 0 Å². The first-order valence-corrected chi connectivity index (χ1v) is 4.18. The van der Waals surface area contributed by atoms with Gasteiger partial charge in [-0.3, -0.25) is 0 Å². The maximum Gasteiger partial charge on any atom is 0.106 e. The van der Waals surface area contributed by atoms with Gasteiger partial charge in [0, 0.05) is 19.6 Å². The average Bonchev–Trinajstić information content (AvgIpc) is 2.34. The van der Waals surface area contributed by atoms with Crippen molar-refractivity contribution in [1.82, 2.24) is 0 Å². The van der Waals surface area contributed by atoms with Gasteiger partial charge >= 0.3 is 0 Å². The summed E-state index contributed by atoms with van der Waals surface area (Å²) in [6.45, 7) is 5.97. The molecule has 2 unspecified atom stereocenters. The summed E-state index contributed by atoms with van der Waals surface area (Å²) < 4.78 is 11.0. The lowest BCUT2D eigenvalue weighted by Crippen LogP contribution is -2.41. The Morgan fingerprint density at radius 2 is 2.45 bits per heavy atom. The van der Waals surface area contributed by atoms with Gasteiger partial charge in [0.15, 0.2) is 0 Å². The van der Waals surface area contributed by atoms with Crippen molar-refractivity contribution in [3.63, 3.8) is 0 Å². The Hall–Kier alpha value is -0.120. The molecule has 1 aliphatic heterocycles. The van der Waals surface area contributed by atoms with Crippen molar-refractivity contribution >= 4 is 0 Å². The van der Waals surface area contributed by atoms with Gasteiger partial charge < -0.3 is 15.2 Å². The van der Waals surface area contributed by atoms with Crippen LogP contribution in [0, 0.1) is 0 Å². The van der Waals surface area contributed by atoms with E-state index in [2.05, 4.69) is 6.92 Å². The topological polar surface area (TPSA) is 44.5 Å². The van der Waals surface area contributed by atoms with Crippen LogP contribution >= 0.6 is 0 Å². The van der Waals surface area contributed by atoms with Crippen LogP contribution in [0.4, 0.5) is 0 Å². The Kier molecular flexibility index (Phi) is 2.87. The van der Waals surface area contributed by atoms with Gasteiger partial charge in [-0.1, -0.05) is 0 Å². The largest absolute Gasteiger partial charge is 0.375 e. The first kappa shape index (κ1) is 8.97. The van der Waals surface area contributed by atoms with Crippen LogP contribution in [0.1, 0.15) is 20.3 Å². The van der Waals surface area contributed by atoms with Crippen LogP contribution in [0.15, 0.2) is 0 Å². The summed E-state index contributed by atoms with van der Waals surface area (Å²) in [5, 5.41) is 0. The number of hydrogen-bond acceptors (Lipinski definition) is 3. The van der Waals surface area contributed by atoms with Crippen molar-refractivity contribution in [2.24, 2.45) is 5.73 Å². The molecule has 3 nitrogen and oxygen atoms in total. The minimum Gasteiger partial charge on any atom is -0.375 e. The number of hydrogen-bond donors (Lipinski definition) is 1. The summed E-state index contributed by atoms with van der Waals surface area (Å²) >= 11 is 0. The van der Waals surface area contributed by atoms with Gasteiger partial charge in [0.05, 0.1) is 12.7 Å². The van der Waals surface area contributed by atoms with E-state index in [4.69, 9.17) is 15.2 Å². The van der Waals surface area contributed by atoms with Crippen molar-refractivity contribution in [2.45, 2.75) is 32.0 Å². The Balaban J connectivity index is 2.48. The molecule has 0 aromatic heterocycles. The summed E-state index contributed by atoms with van der Waals surface area (Å²) in [6, 6.07) is 0. The highest BCUT2D eigenvalue weighted by molar-refractivity contribution is 4.89. The zero-order valence-corrected chi connectivity index (χ0v) is 7.30. The first-order valence-electron chi connectivity index (χ1n) is 4.18. The lowest BCUT2D eigenvalue weighted by Gasteiger charge is -2.25. The monoisotopic (exact) mass is 159 g/mol. The minimum absolute atomic E-state index is 0.186. The van der Waals surface area contributed by atoms with E-state index in [-0.39, 0.29) is 5.60 Å². The summed E-state index contributed by atoms with van der Waals surface area (Å²) in [5.74, 6) is 0. The van der Waals surface area contributed by atoms with Crippen LogP contribution in [-0.2, 0) is 9.47 Å². The average molecular weight is 159 g/mol. The van der Waals surface area contributed by atoms with Crippen LogP contribution in [0.3, 0.4) is 0 Å². The van der Waals surface area contributed by atoms with Crippen molar-refractivity contribution in [1.29, 1.82) is 0 Å². The summed E-state index contributed by atoms with van der Waals surface area (Å²) in [6.07, 6.45) is 1.22. The molecule has 3 heteroatoms. The zero-order chi connectivity index (χ0) is 8.32. The van der Waals surface area contributed by atoms with Crippen LogP contribution in [0.5, 0.6) is 0 Å². The van der Waals surface area contributed by atoms with E-state index >= 15 is 0 Å². The second kappa shape index (κ2) is 3.52. The Labute approximate surface area is 67.9 Å². The van der Waals surface area contributed by atoms with Gasteiger partial charge in [-0.05, 0) is 13.8 Å². The number of nitrogens with two attached hydrogens (primary N) is 1. The predicted octanol–water partition coefficient (Wildman–Crippen LogP) is 0.529. The van der Waals surface area contributed by atoms with E-state index in [1.54, 1.807) is 0 Å². The SMILES string of the molecule is CCOC1(CN)COC(C)C1. The molecule has 0 radical (unpaired) electrons. The predicted molar refractivity (Wildman–Crippen MR) is 43.4 cm³/mol. The molecule has 1 saturated heterocycles. The molecule has 1 fully saturated rings. The molecule has 1 heterocycles. The maximum absolute atomic E-state index is 5.61. The van der Waals surface area contributed by atoms with Crippen LogP contribution in [-0.4, -0.2) is 31.5 Å². The van der Waals surface area contributed by atoms with Gasteiger partial charge in [-0.25, -0.2) is 0 Å². The third kappa shape index (κ3) is 1.92. The van der Waals surface area contributed by atoms with Crippen molar-refractivity contribution < 1.29 is 9.47 Å². The molecule has 2 atom stereocenters. The molecule has 11 heavy (non-hydrogen) atoms. The highest BCUT2D eigenvalue weighted by Gasteiger charge is 2.37. The second-order valence-corrected chi connectivity index (χ2v) is 3.15. The van der Waals surface area contributed by atoms with Crippen LogP contribution < -0.4 is 5.73 Å². The van der Waals surface area contributed by atoms with Crippen molar-refractivity contribution in [3.05, 3.63) is 0 Å². The van der Waals surface area contributed by atoms with Gasteiger partial charge in [-0.15, -0.1) is 0 Å². The minimum atomic E-state index is -0.186. The molecule has 1 aliphatic rings. The summed E-state index contributed by atoms with van der Waals surface area (Å²) in [4.78, 5) is 0. The molecular weight excluding hydrogens is 142 g/mol. The molecule has 1 rings (SSSR count). The smallest absolute Gasteiger partial charge is 0.106 e. The van der Waals surface area contributed by atoms with Crippen LogP contribution in [0.25, 0.3) is 0 Å². The Morgan fingerprint density at radius 1 is 1.73 bits per heavy atom. The molecule has 2 N–H and O–H groups in total. The van der Waals surface area contributed by atoms with E-state index in [1.807, 2.05) is 6.92 Å². The van der Waals surface area contributed by atoms with E-state index < -0.39 is 0 Å². The molecule has 0 spiro atoms. The van der Waals surface area contributed by atoms with Gasteiger partial charge in [0.25, 0.3) is 0 Å². The third-order valence-electron chi connectivity index (χ3n) is 2.11. The highest BCUT2D eigenvalue weighted by Crippen LogP contribution is 2.26. The van der Waals surface area contributed by atoms with E-state index in [0.29, 0.717) is 25.9 Å². The van der Waals surface area contributed by atoms with E-state index in [0.717, 1.165) is 6.42 Å². The normalized spacial score (nSPS) is 37.9. The Morgan fingerprint density at radius 3 is 2.82 bits per heavy atom. The molecule has 0 saturated carbocycles. The summed E-state index contributed by atoms with van der Waals surface area (Å²) in [5.41, 5.74) is 5.43. The lowest BCUT2D eigenvalue weighted by atomic mass is 10.0. The van der Waals surface area contributed by atoms with Crippen LogP contribution in [0.2, 0.25) is 0 Å². The maximum atomic E-state index is 5.61. The quantitative estimate of drug-likeness (QED) is 0.653. The fraction of sp³-hybridized carbons (Fsp3) is 1.00. The second-order valence-electron chi connectivity index (χ2n) is 3.15. The third-order valence-corrected chi connectivity index (χ3v) is 2.11. The van der Waals surface area contributed by atoms with Crippen molar-refractivity contribution in [2.75, 3.05) is 19.8 Å². The molecule has 66 valence electrons. The Bertz CT molecular complexity index is 125. The summed E-state index contributed by atoms with van der Waals surface area (Å²) in [7, 11) is 0. The fourth-order valence-electron chi connectivity index (χ4n) is 1.54. The van der Waals surface area contributed by atoms with Gasteiger partial charge in [0.2, 0.25) is 0 Å². The lowest BCUT2D eigenvalue weighted by molar-refractivity contribution is -0.0370. The van der Waals surface area contributed by atoms with Gasteiger partial charge in [0.1, 0.15) is 5.60 Å². The first-order chi connectivity index (χ1) is 5.22. The molecule has 0 aliphatic carbocycles. The molecule has 0 aromatic carbocycles. The number of rotatable bonds is 3. The fourth-order valence-corrected chi connectivity index (χ4v) is 1.54. The van der Waals surface area contributed by atoms with Gasteiger partial charge in [-0.2, -0.15) is 0 Å². The number of ether oxygens (including phenoxy) is 2. The highest BCUT2D eigenvalue weighted by atomic mass is 16.6. The molecular formula is C8H17NO2. The molecule has 0 aromatic rings. The molecule has 0 bridgehead atoms. The van der Waals surface area contributed by atoms with Crippen molar-refractivity contribution in [3.8, 4) is 0 Å². The molecule has 0 amide bonds.